The van der Waals surface area contributed by atoms with E-state index in [-0.39, 0.29) is 30.7 Å². The number of ether oxygens (including phenoxy) is 1. The number of benzene rings is 1. The topological polar surface area (TPSA) is 35.2 Å². The van der Waals surface area contributed by atoms with Crippen LogP contribution in [0.15, 0.2) is 24.3 Å². The summed E-state index contributed by atoms with van der Waals surface area (Å²) in [4.78, 5) is 0. The fourth-order valence-corrected chi connectivity index (χ4v) is 1.42. The van der Waals surface area contributed by atoms with E-state index in [1.54, 1.807) is 0 Å². The first-order valence-corrected chi connectivity index (χ1v) is 5.53. The monoisotopic (exact) mass is 261 g/mol. The second kappa shape index (κ2) is 6.82. The molecule has 2 nitrogen and oxygen atoms in total. The summed E-state index contributed by atoms with van der Waals surface area (Å²) in [6.07, 6.45) is 0.361. The molecular weight excluding hydrogens is 241 g/mol. The van der Waals surface area contributed by atoms with Crippen LogP contribution < -0.4 is 10.5 Å². The van der Waals surface area contributed by atoms with Crippen molar-refractivity contribution in [1.29, 1.82) is 0 Å². The van der Waals surface area contributed by atoms with Crippen molar-refractivity contribution in [3.05, 3.63) is 29.8 Å². The molecule has 0 amide bonds. The molecular formula is C13H21ClFNO. The molecule has 0 bridgehead atoms. The van der Waals surface area contributed by atoms with Gasteiger partial charge in [0.05, 0.1) is 6.67 Å². The normalized spacial score (nSPS) is 12.8. The Labute approximate surface area is 109 Å². The molecule has 0 radical (unpaired) electrons. The van der Waals surface area contributed by atoms with Gasteiger partial charge >= 0.3 is 0 Å². The Hall–Kier alpha value is -0.800. The van der Waals surface area contributed by atoms with Gasteiger partial charge in [-0.3, -0.25) is 4.39 Å². The molecule has 0 aromatic heterocycles. The summed E-state index contributed by atoms with van der Waals surface area (Å²) in [7, 11) is 0. The first kappa shape index (κ1) is 16.2. The third-order valence-corrected chi connectivity index (χ3v) is 2.15. The van der Waals surface area contributed by atoms with Gasteiger partial charge in [0.15, 0.2) is 0 Å². The molecule has 0 unspecified atom stereocenters. The van der Waals surface area contributed by atoms with Crippen LogP contribution in [0.5, 0.6) is 5.75 Å². The van der Waals surface area contributed by atoms with Gasteiger partial charge < -0.3 is 10.5 Å². The fraction of sp³-hybridized carbons (Fsp3) is 0.538. The molecule has 1 atom stereocenters. The quantitative estimate of drug-likeness (QED) is 0.898. The highest BCUT2D eigenvalue weighted by Gasteiger charge is 2.12. The van der Waals surface area contributed by atoms with Crippen molar-refractivity contribution in [2.45, 2.75) is 38.8 Å². The van der Waals surface area contributed by atoms with E-state index < -0.39 is 0 Å². The van der Waals surface area contributed by atoms with Crippen molar-refractivity contribution in [1.82, 2.24) is 0 Å². The summed E-state index contributed by atoms with van der Waals surface area (Å²) >= 11 is 0. The van der Waals surface area contributed by atoms with Gasteiger partial charge in [-0.15, -0.1) is 12.4 Å². The molecule has 0 aliphatic carbocycles. The fourth-order valence-electron chi connectivity index (χ4n) is 1.42. The molecule has 17 heavy (non-hydrogen) atoms. The predicted molar refractivity (Wildman–Crippen MR) is 71.6 cm³/mol. The third kappa shape index (κ3) is 5.89. The van der Waals surface area contributed by atoms with Gasteiger partial charge in [0.1, 0.15) is 11.4 Å². The molecule has 0 aliphatic heterocycles. The Kier molecular flexibility index (Phi) is 6.50. The van der Waals surface area contributed by atoms with E-state index in [2.05, 4.69) is 0 Å². The van der Waals surface area contributed by atoms with Crippen molar-refractivity contribution in [3.8, 4) is 5.75 Å². The lowest BCUT2D eigenvalue weighted by molar-refractivity contribution is 0.131. The van der Waals surface area contributed by atoms with Gasteiger partial charge in [-0.2, -0.15) is 0 Å². The van der Waals surface area contributed by atoms with E-state index in [1.807, 2.05) is 45.0 Å². The molecule has 0 saturated heterocycles. The molecule has 2 N–H and O–H groups in total. The SMILES string of the molecule is CC(C)(C)Oc1ccc([C@@H](N)CCF)cc1.Cl. The van der Waals surface area contributed by atoms with Gasteiger partial charge in [0.25, 0.3) is 0 Å². The van der Waals surface area contributed by atoms with Crippen molar-refractivity contribution < 1.29 is 9.13 Å². The molecule has 98 valence electrons. The van der Waals surface area contributed by atoms with Crippen LogP contribution in [0.4, 0.5) is 4.39 Å². The lowest BCUT2D eigenvalue weighted by Gasteiger charge is -2.21. The summed E-state index contributed by atoms with van der Waals surface area (Å²) in [6.45, 7) is 5.60. The standard InChI is InChI=1S/C13H20FNO.ClH/c1-13(2,3)16-11-6-4-10(5-7-11)12(15)8-9-14;/h4-7,12H,8-9,15H2,1-3H3;1H/t12-;/m0./s1. The second-order valence-corrected chi connectivity index (χ2v) is 4.87. The Bertz CT molecular complexity index is 321. The maximum atomic E-state index is 12.1. The van der Waals surface area contributed by atoms with Crippen LogP contribution in [0.25, 0.3) is 0 Å². The summed E-state index contributed by atoms with van der Waals surface area (Å²) in [6, 6.07) is 7.30. The zero-order valence-electron chi connectivity index (χ0n) is 10.6. The van der Waals surface area contributed by atoms with Crippen LogP contribution >= 0.6 is 12.4 Å². The van der Waals surface area contributed by atoms with Gasteiger partial charge in [0.2, 0.25) is 0 Å². The zero-order chi connectivity index (χ0) is 12.2. The van der Waals surface area contributed by atoms with Gasteiger partial charge in [0, 0.05) is 6.04 Å². The van der Waals surface area contributed by atoms with Crippen LogP contribution in [0, 0.1) is 0 Å². The van der Waals surface area contributed by atoms with Gasteiger partial charge in [-0.25, -0.2) is 0 Å². The summed E-state index contributed by atoms with van der Waals surface area (Å²) in [5.74, 6) is 0.809. The molecule has 1 aromatic rings. The van der Waals surface area contributed by atoms with Crippen molar-refractivity contribution >= 4 is 12.4 Å². The van der Waals surface area contributed by atoms with Crippen LogP contribution in [0.2, 0.25) is 0 Å². The minimum absolute atomic E-state index is 0. The van der Waals surface area contributed by atoms with E-state index >= 15 is 0 Å². The Morgan fingerprint density at radius 1 is 1.24 bits per heavy atom. The smallest absolute Gasteiger partial charge is 0.120 e. The van der Waals surface area contributed by atoms with Crippen LogP contribution in [0.3, 0.4) is 0 Å². The molecule has 4 heteroatoms. The molecule has 0 aliphatic rings. The van der Waals surface area contributed by atoms with Crippen molar-refractivity contribution in [2.24, 2.45) is 5.73 Å². The number of rotatable bonds is 4. The highest BCUT2D eigenvalue weighted by atomic mass is 35.5. The zero-order valence-corrected chi connectivity index (χ0v) is 11.4. The van der Waals surface area contributed by atoms with E-state index in [1.165, 1.54) is 0 Å². The van der Waals surface area contributed by atoms with E-state index in [4.69, 9.17) is 10.5 Å². The average molecular weight is 262 g/mol. The lowest BCUT2D eigenvalue weighted by atomic mass is 10.1. The molecule has 0 saturated carbocycles. The van der Waals surface area contributed by atoms with E-state index in [9.17, 15) is 4.39 Å². The van der Waals surface area contributed by atoms with Gasteiger partial charge in [-0.1, -0.05) is 12.1 Å². The largest absolute Gasteiger partial charge is 0.488 e. The lowest BCUT2D eigenvalue weighted by Crippen LogP contribution is -2.22. The Morgan fingerprint density at radius 2 is 1.76 bits per heavy atom. The molecule has 0 heterocycles. The average Bonchev–Trinajstić information content (AvgIpc) is 2.16. The summed E-state index contributed by atoms with van der Waals surface area (Å²) in [5, 5.41) is 0. The number of hydrogen-bond donors (Lipinski definition) is 1. The number of hydrogen-bond acceptors (Lipinski definition) is 2. The summed E-state index contributed by atoms with van der Waals surface area (Å²) < 4.78 is 17.8. The highest BCUT2D eigenvalue weighted by molar-refractivity contribution is 5.85. The Balaban J connectivity index is 0.00000256. The van der Waals surface area contributed by atoms with E-state index in [0.29, 0.717) is 6.42 Å². The maximum Gasteiger partial charge on any atom is 0.120 e. The van der Waals surface area contributed by atoms with Crippen LogP contribution in [-0.4, -0.2) is 12.3 Å². The van der Waals surface area contributed by atoms with E-state index in [0.717, 1.165) is 11.3 Å². The molecule has 1 aromatic carbocycles. The molecule has 1 rings (SSSR count). The first-order chi connectivity index (χ1) is 7.42. The van der Waals surface area contributed by atoms with Crippen molar-refractivity contribution in [3.63, 3.8) is 0 Å². The minimum atomic E-state index is -0.387. The predicted octanol–water partition coefficient (Wildman–Crippen LogP) is 3.65. The van der Waals surface area contributed by atoms with Crippen molar-refractivity contribution in [2.75, 3.05) is 6.67 Å². The third-order valence-electron chi connectivity index (χ3n) is 2.15. The molecule has 0 spiro atoms. The van der Waals surface area contributed by atoms with Gasteiger partial charge in [-0.05, 0) is 44.9 Å². The van der Waals surface area contributed by atoms with Crippen LogP contribution in [-0.2, 0) is 0 Å². The minimum Gasteiger partial charge on any atom is -0.488 e. The second-order valence-electron chi connectivity index (χ2n) is 4.87. The summed E-state index contributed by atoms with van der Waals surface area (Å²) in [5.41, 5.74) is 6.54. The Morgan fingerprint density at radius 3 is 2.18 bits per heavy atom. The first-order valence-electron chi connectivity index (χ1n) is 5.53. The molecule has 0 fully saturated rings. The maximum absolute atomic E-state index is 12.1. The number of alkyl halides is 1. The highest BCUT2D eigenvalue weighted by Crippen LogP contribution is 2.21. The number of halogens is 2. The van der Waals surface area contributed by atoms with Crippen LogP contribution in [0.1, 0.15) is 38.8 Å². The number of nitrogens with two attached hydrogens (primary N) is 1.